The fourth-order valence-electron chi connectivity index (χ4n) is 1.88. The van der Waals surface area contributed by atoms with Gasteiger partial charge in [0.1, 0.15) is 0 Å². The van der Waals surface area contributed by atoms with E-state index in [4.69, 9.17) is 10.7 Å². The third kappa shape index (κ3) is 3.74. The first-order valence-electron chi connectivity index (χ1n) is 5.63. The van der Waals surface area contributed by atoms with Crippen LogP contribution in [0.1, 0.15) is 44.9 Å². The van der Waals surface area contributed by atoms with Crippen LogP contribution in [0.4, 0.5) is 0 Å². The highest BCUT2D eigenvalue weighted by Crippen LogP contribution is 2.23. The Morgan fingerprint density at radius 2 is 2.31 bits per heavy atom. The van der Waals surface area contributed by atoms with Gasteiger partial charge in [-0.2, -0.15) is 5.26 Å². The predicted octanol–water partition coefficient (Wildman–Crippen LogP) is 3.80. The van der Waals surface area contributed by atoms with E-state index in [0.29, 0.717) is 6.42 Å². The Labute approximate surface area is 95.5 Å². The first-order valence-corrected chi connectivity index (χ1v) is 5.63. The van der Waals surface area contributed by atoms with Gasteiger partial charge in [0.2, 0.25) is 11.2 Å². The third-order valence-corrected chi connectivity index (χ3v) is 2.78. The second-order valence-electron chi connectivity index (χ2n) is 3.97. The number of aliphatic hydroxyl groups is 1. The molecule has 0 aromatic rings. The number of hydrogen-bond acceptors (Lipinski definition) is 3. The lowest BCUT2D eigenvalue weighted by Crippen LogP contribution is -1.93. The Hall–Kier alpha value is -1.81. The molecular formula is C12H16N3O+. The van der Waals surface area contributed by atoms with Gasteiger partial charge in [0.15, 0.2) is 11.0 Å². The highest BCUT2D eigenvalue weighted by atomic mass is 16.3. The topological polar surface area (TPSA) is 72.2 Å². The van der Waals surface area contributed by atoms with Crippen molar-refractivity contribution in [3.63, 3.8) is 0 Å². The van der Waals surface area contributed by atoms with Crippen molar-refractivity contribution >= 4 is 0 Å². The molecule has 0 aromatic heterocycles. The molecule has 0 bridgehead atoms. The highest BCUT2D eigenvalue weighted by molar-refractivity contribution is 5.28. The van der Waals surface area contributed by atoms with Gasteiger partial charge in [0, 0.05) is 6.42 Å². The summed E-state index contributed by atoms with van der Waals surface area (Å²) in [4.78, 5) is 2.73. The minimum absolute atomic E-state index is 0.124. The summed E-state index contributed by atoms with van der Waals surface area (Å²) in [6, 6.07) is 1.64. The second kappa shape index (κ2) is 6.63. The van der Waals surface area contributed by atoms with Gasteiger partial charge in [-0.15, -0.1) is 0 Å². The van der Waals surface area contributed by atoms with Gasteiger partial charge < -0.3 is 5.11 Å². The van der Waals surface area contributed by atoms with E-state index in [1.807, 2.05) is 0 Å². The maximum atomic E-state index is 9.42. The smallest absolute Gasteiger partial charge is 0.497 e. The van der Waals surface area contributed by atoms with Crippen molar-refractivity contribution < 1.29 is 5.11 Å². The van der Waals surface area contributed by atoms with Gasteiger partial charge in [-0.3, -0.25) is 0 Å². The molecule has 4 heteroatoms. The number of diazo groups is 1. The van der Waals surface area contributed by atoms with E-state index in [1.54, 1.807) is 6.07 Å². The zero-order valence-electron chi connectivity index (χ0n) is 9.32. The summed E-state index contributed by atoms with van der Waals surface area (Å²) in [5.74, 6) is -0.124. The molecule has 0 radical (unpaired) electrons. The van der Waals surface area contributed by atoms with Crippen molar-refractivity contribution in [2.75, 3.05) is 0 Å². The van der Waals surface area contributed by atoms with E-state index in [1.165, 1.54) is 18.4 Å². The summed E-state index contributed by atoms with van der Waals surface area (Å²) >= 11 is 0. The van der Waals surface area contributed by atoms with Gasteiger partial charge in [0.25, 0.3) is 0 Å². The van der Waals surface area contributed by atoms with Crippen LogP contribution in [0.5, 0.6) is 0 Å². The zero-order valence-corrected chi connectivity index (χ0v) is 9.32. The van der Waals surface area contributed by atoms with E-state index in [9.17, 15) is 5.11 Å². The normalized spacial score (nSPS) is 16.8. The average Bonchev–Trinajstić information content (AvgIpc) is 2.32. The molecule has 0 unspecified atom stereocenters. The van der Waals surface area contributed by atoms with Crippen molar-refractivity contribution in [1.82, 2.24) is 0 Å². The minimum atomic E-state index is -0.280. The minimum Gasteiger partial charge on any atom is -0.504 e. The molecule has 84 valence electrons. The van der Waals surface area contributed by atoms with Gasteiger partial charge in [0.05, 0.1) is 0 Å². The second-order valence-corrected chi connectivity index (χ2v) is 3.97. The van der Waals surface area contributed by atoms with Crippen molar-refractivity contribution in [2.24, 2.45) is 0 Å². The van der Waals surface area contributed by atoms with Crippen molar-refractivity contribution in [3.8, 4) is 6.07 Å². The van der Waals surface area contributed by atoms with Crippen LogP contribution in [-0.4, -0.2) is 5.11 Å². The van der Waals surface area contributed by atoms with Gasteiger partial charge in [-0.25, -0.2) is 0 Å². The third-order valence-electron chi connectivity index (χ3n) is 2.78. The molecule has 4 nitrogen and oxygen atoms in total. The number of allylic oxidation sites excluding steroid dienone is 4. The standard InChI is InChI=1S/C12H15N3O/c13-9-11(15-14)12(16)8-4-7-10-5-2-1-3-6-10/h5H,1-4,6-8H2/p+1/b12-11-. The predicted molar refractivity (Wildman–Crippen MR) is 60.8 cm³/mol. The Balaban J connectivity index is 2.36. The SMILES string of the molecule is N#C/C([N+]#N)=C(/O)CCCC1=CCCCC1. The molecule has 1 aliphatic rings. The maximum absolute atomic E-state index is 9.42. The molecule has 0 saturated carbocycles. The number of rotatable bonds is 4. The fraction of sp³-hybridized carbons (Fsp3) is 0.583. The van der Waals surface area contributed by atoms with Crippen molar-refractivity contribution in [3.05, 3.63) is 28.1 Å². The average molecular weight is 218 g/mol. The van der Waals surface area contributed by atoms with Gasteiger partial charge in [-0.1, -0.05) is 11.6 Å². The largest absolute Gasteiger partial charge is 0.504 e. The molecule has 1 rings (SSSR count). The number of hydrogen-bond donors (Lipinski definition) is 1. The van der Waals surface area contributed by atoms with Crippen LogP contribution < -0.4 is 0 Å². The monoisotopic (exact) mass is 218 g/mol. The molecule has 0 aliphatic heterocycles. The molecule has 1 N–H and O–H groups in total. The maximum Gasteiger partial charge on any atom is 0.497 e. The number of nitriles is 1. The molecule has 0 heterocycles. The van der Waals surface area contributed by atoms with Crippen LogP contribution >= 0.6 is 0 Å². The van der Waals surface area contributed by atoms with Crippen LogP contribution in [0.25, 0.3) is 4.98 Å². The van der Waals surface area contributed by atoms with Crippen LogP contribution in [0.15, 0.2) is 23.1 Å². The van der Waals surface area contributed by atoms with E-state index in [2.05, 4.69) is 11.1 Å². The van der Waals surface area contributed by atoms with Crippen LogP contribution in [0.2, 0.25) is 0 Å². The Morgan fingerprint density at radius 1 is 1.50 bits per heavy atom. The fourth-order valence-corrected chi connectivity index (χ4v) is 1.88. The summed E-state index contributed by atoms with van der Waals surface area (Å²) in [6.45, 7) is 0. The van der Waals surface area contributed by atoms with E-state index in [0.717, 1.165) is 25.7 Å². The first kappa shape index (κ1) is 12.3. The zero-order chi connectivity index (χ0) is 11.8. The molecule has 0 spiro atoms. The lowest BCUT2D eigenvalue weighted by molar-refractivity contribution is 0.380. The van der Waals surface area contributed by atoms with Gasteiger partial charge in [-0.05, 0) is 38.5 Å². The Morgan fingerprint density at radius 3 is 2.88 bits per heavy atom. The summed E-state index contributed by atoms with van der Waals surface area (Å²) in [5.41, 5.74) is 1.16. The van der Waals surface area contributed by atoms with Crippen LogP contribution in [0, 0.1) is 16.7 Å². The number of aliphatic hydroxyl groups excluding tert-OH is 1. The molecule has 0 atom stereocenters. The summed E-state index contributed by atoms with van der Waals surface area (Å²) in [7, 11) is 0. The summed E-state index contributed by atoms with van der Waals surface area (Å²) in [5, 5.41) is 26.4. The van der Waals surface area contributed by atoms with Crippen LogP contribution in [-0.2, 0) is 0 Å². The first-order chi connectivity index (χ1) is 7.77. The van der Waals surface area contributed by atoms with E-state index < -0.39 is 0 Å². The Bertz CT molecular complexity index is 366. The molecule has 16 heavy (non-hydrogen) atoms. The highest BCUT2D eigenvalue weighted by Gasteiger charge is 2.17. The summed E-state index contributed by atoms with van der Waals surface area (Å²) < 4.78 is 0. The van der Waals surface area contributed by atoms with E-state index in [-0.39, 0.29) is 11.5 Å². The lowest BCUT2D eigenvalue weighted by Gasteiger charge is -2.11. The quantitative estimate of drug-likeness (QED) is 0.337. The lowest BCUT2D eigenvalue weighted by atomic mass is 9.95. The molecule has 1 aliphatic carbocycles. The van der Waals surface area contributed by atoms with E-state index >= 15 is 0 Å². The molecule has 0 fully saturated rings. The number of nitrogens with zero attached hydrogens (tertiary/aromatic N) is 3. The Kier molecular flexibility index (Phi) is 5.08. The molecule has 0 aromatic carbocycles. The van der Waals surface area contributed by atoms with Crippen molar-refractivity contribution in [2.45, 2.75) is 44.9 Å². The van der Waals surface area contributed by atoms with Gasteiger partial charge >= 0.3 is 5.70 Å². The summed E-state index contributed by atoms with van der Waals surface area (Å²) in [6.07, 6.45) is 9.25. The molecule has 0 saturated heterocycles. The molecular weight excluding hydrogens is 202 g/mol. The van der Waals surface area contributed by atoms with Crippen LogP contribution in [0.3, 0.4) is 0 Å². The van der Waals surface area contributed by atoms with Crippen molar-refractivity contribution in [1.29, 1.82) is 10.7 Å². The molecule has 0 amide bonds.